The average Bonchev–Trinajstić information content (AvgIpc) is 3.40. The van der Waals surface area contributed by atoms with E-state index in [4.69, 9.17) is 11.6 Å². The first-order valence-electron chi connectivity index (χ1n) is 10.9. The van der Waals surface area contributed by atoms with Crippen LogP contribution in [0.4, 0.5) is 5.69 Å². The Hall–Kier alpha value is -2.03. The molecule has 0 saturated carbocycles. The predicted octanol–water partition coefficient (Wildman–Crippen LogP) is 2.81. The van der Waals surface area contributed by atoms with Gasteiger partial charge in [-0.3, -0.25) is 14.4 Å². The van der Waals surface area contributed by atoms with E-state index in [9.17, 15) is 24.6 Å². The van der Waals surface area contributed by atoms with Crippen molar-refractivity contribution in [2.75, 3.05) is 24.6 Å². The molecule has 1 aromatic rings. The zero-order valence-electron chi connectivity index (χ0n) is 17.7. The van der Waals surface area contributed by atoms with Crippen LogP contribution < -0.4 is 4.90 Å². The molecule has 172 valence electrons. The minimum Gasteiger partial charge on any atom is -0.481 e. The number of carboxylic acid groups (broad SMARTS) is 1. The van der Waals surface area contributed by atoms with Crippen LogP contribution in [-0.2, 0) is 14.4 Å². The summed E-state index contributed by atoms with van der Waals surface area (Å²) in [5.74, 6) is -3.01. The van der Waals surface area contributed by atoms with Crippen LogP contribution in [0.2, 0.25) is 5.02 Å². The van der Waals surface area contributed by atoms with Crippen LogP contribution in [0.1, 0.15) is 25.7 Å². The number of likely N-dealkylation sites (tertiary alicyclic amines) is 1. The molecule has 0 radical (unpaired) electrons. The number of hydrogen-bond donors (Lipinski definition) is 2. The number of halogens is 1. The number of anilines is 1. The van der Waals surface area contributed by atoms with Crippen LogP contribution >= 0.6 is 23.4 Å². The SMILES string of the molecule is C=CCN(C(=O)C1N(CCCCO)C(=O)[C@@H]2[C@@H](C(=O)O)[C@H]3CCC12S3)c1ccccc1Cl. The molecule has 3 aliphatic heterocycles. The Bertz CT molecular complexity index is 943. The molecule has 2 amide bonds. The van der Waals surface area contributed by atoms with E-state index in [0.717, 1.165) is 0 Å². The van der Waals surface area contributed by atoms with E-state index in [1.807, 2.05) is 0 Å². The fourth-order valence-corrected chi connectivity index (χ4v) is 8.05. The number of carbonyl (C=O) groups excluding carboxylic acids is 2. The number of para-hydroxylation sites is 1. The number of amides is 2. The summed E-state index contributed by atoms with van der Waals surface area (Å²) in [6, 6.07) is 6.25. The summed E-state index contributed by atoms with van der Waals surface area (Å²) < 4.78 is -0.762. The van der Waals surface area contributed by atoms with Gasteiger partial charge in [0.05, 0.1) is 27.3 Å². The molecule has 3 fully saturated rings. The van der Waals surface area contributed by atoms with Gasteiger partial charge in [0, 0.05) is 24.9 Å². The molecule has 4 rings (SSSR count). The minimum absolute atomic E-state index is 0.00793. The molecule has 5 atom stereocenters. The maximum absolute atomic E-state index is 14.1. The normalized spacial score (nSPS) is 30.4. The van der Waals surface area contributed by atoms with Crippen LogP contribution in [0.15, 0.2) is 36.9 Å². The summed E-state index contributed by atoms with van der Waals surface area (Å²) in [4.78, 5) is 42.8. The van der Waals surface area contributed by atoms with E-state index < -0.39 is 28.6 Å². The number of thioether (sulfide) groups is 1. The van der Waals surface area contributed by atoms with E-state index in [1.165, 1.54) is 11.8 Å². The molecular weight excluding hydrogens is 452 g/mol. The molecule has 3 saturated heterocycles. The van der Waals surface area contributed by atoms with Gasteiger partial charge in [-0.05, 0) is 37.8 Å². The summed E-state index contributed by atoms with van der Waals surface area (Å²) in [5, 5.41) is 19.4. The Labute approximate surface area is 196 Å². The van der Waals surface area contributed by atoms with E-state index in [2.05, 4.69) is 6.58 Å². The van der Waals surface area contributed by atoms with Gasteiger partial charge in [0.1, 0.15) is 6.04 Å². The topological polar surface area (TPSA) is 98.2 Å². The van der Waals surface area contributed by atoms with Crippen LogP contribution in [0.5, 0.6) is 0 Å². The highest BCUT2D eigenvalue weighted by Crippen LogP contribution is 2.66. The molecule has 2 N–H and O–H groups in total. The first kappa shape index (κ1) is 23.1. The summed E-state index contributed by atoms with van der Waals surface area (Å²) >= 11 is 7.91. The summed E-state index contributed by atoms with van der Waals surface area (Å²) in [6.45, 7) is 4.29. The Morgan fingerprint density at radius 1 is 1.34 bits per heavy atom. The molecule has 0 aromatic heterocycles. The van der Waals surface area contributed by atoms with Gasteiger partial charge in [0.15, 0.2) is 0 Å². The minimum atomic E-state index is -0.972. The van der Waals surface area contributed by atoms with Crippen LogP contribution in [0, 0.1) is 11.8 Å². The highest BCUT2D eigenvalue weighted by Gasteiger charge is 2.74. The number of unbranched alkanes of at least 4 members (excludes halogenated alkanes) is 1. The Kier molecular flexibility index (Phi) is 6.56. The van der Waals surface area contributed by atoms with Crippen molar-refractivity contribution in [3.8, 4) is 0 Å². The first-order valence-corrected chi connectivity index (χ1v) is 12.1. The lowest BCUT2D eigenvalue weighted by molar-refractivity contribution is -0.148. The highest BCUT2D eigenvalue weighted by molar-refractivity contribution is 8.02. The monoisotopic (exact) mass is 478 g/mol. The molecule has 3 heterocycles. The van der Waals surface area contributed by atoms with Crippen molar-refractivity contribution in [1.82, 2.24) is 4.90 Å². The number of aliphatic carboxylic acids is 1. The van der Waals surface area contributed by atoms with Crippen molar-refractivity contribution in [2.24, 2.45) is 11.8 Å². The quantitative estimate of drug-likeness (QED) is 0.418. The number of benzene rings is 1. The molecular formula is C23H27ClN2O5S. The Morgan fingerprint density at radius 2 is 2.09 bits per heavy atom. The predicted molar refractivity (Wildman–Crippen MR) is 124 cm³/mol. The van der Waals surface area contributed by atoms with E-state index in [-0.39, 0.29) is 30.2 Å². The van der Waals surface area contributed by atoms with Crippen molar-refractivity contribution < 1.29 is 24.6 Å². The van der Waals surface area contributed by atoms with Crippen LogP contribution in [-0.4, -0.2) is 68.6 Å². The molecule has 1 spiro atoms. The van der Waals surface area contributed by atoms with Crippen LogP contribution in [0.25, 0.3) is 0 Å². The van der Waals surface area contributed by atoms with Crippen molar-refractivity contribution in [2.45, 2.75) is 41.7 Å². The molecule has 32 heavy (non-hydrogen) atoms. The van der Waals surface area contributed by atoms with Crippen molar-refractivity contribution >= 4 is 46.8 Å². The Morgan fingerprint density at radius 3 is 2.75 bits per heavy atom. The fourth-order valence-electron chi connectivity index (χ4n) is 5.60. The smallest absolute Gasteiger partial charge is 0.308 e. The van der Waals surface area contributed by atoms with E-state index in [0.29, 0.717) is 42.9 Å². The van der Waals surface area contributed by atoms with Gasteiger partial charge in [-0.25, -0.2) is 0 Å². The highest BCUT2D eigenvalue weighted by atomic mass is 35.5. The second-order valence-electron chi connectivity index (χ2n) is 8.55. The number of carboxylic acids is 1. The maximum Gasteiger partial charge on any atom is 0.308 e. The van der Waals surface area contributed by atoms with Gasteiger partial charge in [-0.2, -0.15) is 0 Å². The van der Waals surface area contributed by atoms with Crippen molar-refractivity contribution in [3.63, 3.8) is 0 Å². The third-order valence-electron chi connectivity index (χ3n) is 6.85. The van der Waals surface area contributed by atoms with Gasteiger partial charge >= 0.3 is 5.97 Å². The zero-order valence-corrected chi connectivity index (χ0v) is 19.2. The Balaban J connectivity index is 1.77. The van der Waals surface area contributed by atoms with Gasteiger partial charge in [0.25, 0.3) is 5.91 Å². The van der Waals surface area contributed by atoms with Gasteiger partial charge in [-0.15, -0.1) is 18.3 Å². The standard InChI is InChI=1S/C23H27ClN2O5S/c1-2-11-25(15-8-4-3-7-14(15)24)21(29)19-23-10-9-16(32-23)17(22(30)31)18(23)20(28)26(19)12-5-6-13-27/h2-4,7-8,16-19,27H,1,5-6,9-13H2,(H,30,31)/t16-,17+,18+,19?,23?/m1/s1. The zero-order chi connectivity index (χ0) is 23.0. The number of rotatable bonds is 9. The lowest BCUT2D eigenvalue weighted by Crippen LogP contribution is -2.55. The number of carbonyl (C=O) groups is 3. The molecule has 7 nitrogen and oxygen atoms in total. The third-order valence-corrected chi connectivity index (χ3v) is 9.12. The number of hydrogen-bond acceptors (Lipinski definition) is 5. The molecule has 1 aromatic carbocycles. The van der Waals surface area contributed by atoms with Gasteiger partial charge in [-0.1, -0.05) is 29.8 Å². The number of nitrogens with zero attached hydrogens (tertiary/aromatic N) is 2. The summed E-state index contributed by atoms with van der Waals surface area (Å²) in [7, 11) is 0. The number of aliphatic hydroxyl groups is 1. The van der Waals surface area contributed by atoms with Gasteiger partial charge < -0.3 is 20.0 Å². The maximum atomic E-state index is 14.1. The third kappa shape index (κ3) is 3.53. The molecule has 2 unspecified atom stereocenters. The molecule has 0 aliphatic carbocycles. The second-order valence-corrected chi connectivity index (χ2v) is 10.6. The lowest BCUT2D eigenvalue weighted by atomic mass is 9.71. The summed E-state index contributed by atoms with van der Waals surface area (Å²) in [5.41, 5.74) is 0.536. The van der Waals surface area contributed by atoms with Crippen LogP contribution in [0.3, 0.4) is 0 Å². The van der Waals surface area contributed by atoms with Crippen molar-refractivity contribution in [1.29, 1.82) is 0 Å². The van der Waals surface area contributed by atoms with E-state index in [1.54, 1.807) is 40.1 Å². The number of fused-ring (bicyclic) bond motifs is 1. The first-order chi connectivity index (χ1) is 15.4. The van der Waals surface area contributed by atoms with E-state index >= 15 is 0 Å². The van der Waals surface area contributed by atoms with Gasteiger partial charge in [0.2, 0.25) is 5.91 Å². The lowest BCUT2D eigenvalue weighted by Gasteiger charge is -2.37. The largest absolute Gasteiger partial charge is 0.481 e. The van der Waals surface area contributed by atoms with Crippen molar-refractivity contribution in [3.05, 3.63) is 41.9 Å². The average molecular weight is 479 g/mol. The molecule has 9 heteroatoms. The molecule has 2 bridgehead atoms. The summed E-state index contributed by atoms with van der Waals surface area (Å²) in [6.07, 6.45) is 3.95. The second kappa shape index (κ2) is 9.08. The number of aliphatic hydroxyl groups excluding tert-OH is 1. The molecule has 3 aliphatic rings. The fraction of sp³-hybridized carbons (Fsp3) is 0.522.